The first-order valence-corrected chi connectivity index (χ1v) is 6.90. The van der Waals surface area contributed by atoms with Crippen LogP contribution in [0.1, 0.15) is 52.9 Å². The lowest BCUT2D eigenvalue weighted by atomic mass is 10.0. The highest BCUT2D eigenvalue weighted by Gasteiger charge is 2.13. The number of ether oxygens (including phenoxy) is 2. The monoisotopic (exact) mass is 245 g/mol. The molecular weight excluding hydrogens is 214 g/mol. The maximum atomic E-state index is 5.20. The van der Waals surface area contributed by atoms with E-state index in [0.717, 1.165) is 12.5 Å². The van der Waals surface area contributed by atoms with Crippen LogP contribution in [0.3, 0.4) is 0 Å². The fraction of sp³-hybridized carbons (Fsp3) is 1.00. The second kappa shape index (κ2) is 11.0. The average molecular weight is 245 g/mol. The highest BCUT2D eigenvalue weighted by atomic mass is 16.7. The van der Waals surface area contributed by atoms with Crippen molar-refractivity contribution < 1.29 is 9.47 Å². The largest absolute Gasteiger partial charge is 0.354 e. The van der Waals surface area contributed by atoms with E-state index in [1.807, 2.05) is 0 Å². The average Bonchev–Trinajstić information content (AvgIpc) is 2.29. The van der Waals surface area contributed by atoms with Gasteiger partial charge in [-0.1, -0.05) is 39.5 Å². The lowest BCUT2D eigenvalue weighted by molar-refractivity contribution is -0.119. The zero-order valence-corrected chi connectivity index (χ0v) is 12.3. The molecule has 0 saturated heterocycles. The molecule has 0 fully saturated rings. The molecule has 0 rings (SSSR count). The molecule has 3 heteroatoms. The third-order valence-corrected chi connectivity index (χ3v) is 3.05. The Morgan fingerprint density at radius 3 is 2.00 bits per heavy atom. The van der Waals surface area contributed by atoms with Gasteiger partial charge >= 0.3 is 0 Å². The predicted octanol–water partition coefficient (Wildman–Crippen LogP) is 3.19. The highest BCUT2D eigenvalue weighted by molar-refractivity contribution is 4.64. The third kappa shape index (κ3) is 9.57. The van der Waals surface area contributed by atoms with Crippen molar-refractivity contribution in [2.24, 2.45) is 5.92 Å². The topological polar surface area (TPSA) is 30.5 Å². The molecular formula is C14H31NO2. The van der Waals surface area contributed by atoms with Gasteiger partial charge in [-0.15, -0.1) is 0 Å². The maximum absolute atomic E-state index is 5.20. The van der Waals surface area contributed by atoms with E-state index in [1.54, 1.807) is 14.2 Å². The van der Waals surface area contributed by atoms with Crippen LogP contribution in [0.15, 0.2) is 0 Å². The molecule has 0 aromatic heterocycles. The van der Waals surface area contributed by atoms with Gasteiger partial charge in [-0.3, -0.25) is 0 Å². The van der Waals surface area contributed by atoms with Gasteiger partial charge in [0.2, 0.25) is 0 Å². The molecule has 0 aromatic carbocycles. The molecule has 0 heterocycles. The fourth-order valence-electron chi connectivity index (χ4n) is 1.96. The summed E-state index contributed by atoms with van der Waals surface area (Å²) in [5.41, 5.74) is 0. The van der Waals surface area contributed by atoms with E-state index < -0.39 is 0 Å². The Kier molecular flexibility index (Phi) is 10.9. The first kappa shape index (κ1) is 16.9. The van der Waals surface area contributed by atoms with E-state index >= 15 is 0 Å². The quantitative estimate of drug-likeness (QED) is 0.448. The van der Waals surface area contributed by atoms with E-state index in [0.29, 0.717) is 0 Å². The van der Waals surface area contributed by atoms with E-state index in [4.69, 9.17) is 9.47 Å². The summed E-state index contributed by atoms with van der Waals surface area (Å²) >= 11 is 0. The molecule has 0 amide bonds. The number of hydrogen-bond donors (Lipinski definition) is 1. The van der Waals surface area contributed by atoms with Crippen molar-refractivity contribution in [2.45, 2.75) is 65.2 Å². The predicted molar refractivity (Wildman–Crippen MR) is 73.2 cm³/mol. The Morgan fingerprint density at radius 1 is 0.882 bits per heavy atom. The normalized spacial score (nSPS) is 13.6. The molecule has 1 atom stereocenters. The summed E-state index contributed by atoms with van der Waals surface area (Å²) in [5.74, 6) is 0.845. The standard InChI is InChI=1S/C14H31NO2/c1-12(2)10-8-6-7-9-11-15-13(3)14(16-4)17-5/h12-15H,6-11H2,1-5H3. The fourth-order valence-corrected chi connectivity index (χ4v) is 1.96. The third-order valence-electron chi connectivity index (χ3n) is 3.05. The molecule has 0 aliphatic rings. The van der Waals surface area contributed by atoms with Crippen molar-refractivity contribution in [1.29, 1.82) is 0 Å². The molecule has 0 radical (unpaired) electrons. The Hall–Kier alpha value is -0.120. The van der Waals surface area contributed by atoms with Crippen LogP contribution >= 0.6 is 0 Å². The molecule has 0 aliphatic heterocycles. The molecule has 0 aromatic rings. The molecule has 3 nitrogen and oxygen atoms in total. The van der Waals surface area contributed by atoms with Gasteiger partial charge in [0.05, 0.1) is 6.04 Å². The minimum Gasteiger partial charge on any atom is -0.354 e. The van der Waals surface area contributed by atoms with Crippen LogP contribution in [-0.2, 0) is 9.47 Å². The van der Waals surface area contributed by atoms with Crippen LogP contribution in [0, 0.1) is 5.92 Å². The summed E-state index contributed by atoms with van der Waals surface area (Å²) in [4.78, 5) is 0. The second-order valence-electron chi connectivity index (χ2n) is 5.18. The molecule has 1 N–H and O–H groups in total. The Bertz CT molecular complexity index is 158. The number of rotatable bonds is 11. The van der Waals surface area contributed by atoms with Crippen LogP contribution in [0.4, 0.5) is 0 Å². The summed E-state index contributed by atoms with van der Waals surface area (Å²) in [6, 6.07) is 0.251. The van der Waals surface area contributed by atoms with Crippen LogP contribution in [0.5, 0.6) is 0 Å². The summed E-state index contributed by atoms with van der Waals surface area (Å²) < 4.78 is 10.4. The smallest absolute Gasteiger partial charge is 0.171 e. The first-order valence-electron chi connectivity index (χ1n) is 6.90. The molecule has 17 heavy (non-hydrogen) atoms. The molecule has 104 valence electrons. The van der Waals surface area contributed by atoms with Crippen LogP contribution in [-0.4, -0.2) is 33.1 Å². The number of methoxy groups -OCH3 is 2. The molecule has 1 unspecified atom stereocenters. The van der Waals surface area contributed by atoms with Crippen LogP contribution in [0.25, 0.3) is 0 Å². The summed E-state index contributed by atoms with van der Waals surface area (Å²) in [5, 5.41) is 3.43. The SMILES string of the molecule is COC(OC)C(C)NCCCCCCC(C)C. The van der Waals surface area contributed by atoms with Gasteiger partial charge < -0.3 is 14.8 Å². The Morgan fingerprint density at radius 2 is 1.47 bits per heavy atom. The lowest BCUT2D eigenvalue weighted by Crippen LogP contribution is -2.40. The lowest BCUT2D eigenvalue weighted by Gasteiger charge is -2.22. The summed E-state index contributed by atoms with van der Waals surface area (Å²) in [6.07, 6.45) is 6.49. The zero-order valence-electron chi connectivity index (χ0n) is 12.3. The second-order valence-corrected chi connectivity index (χ2v) is 5.18. The Balaban J connectivity index is 3.33. The Labute approximate surface area is 107 Å². The van der Waals surface area contributed by atoms with Gasteiger partial charge in [0.1, 0.15) is 0 Å². The first-order chi connectivity index (χ1) is 8.11. The van der Waals surface area contributed by atoms with Gasteiger partial charge in [0.15, 0.2) is 6.29 Å². The van der Waals surface area contributed by atoms with Crippen molar-refractivity contribution in [3.05, 3.63) is 0 Å². The highest BCUT2D eigenvalue weighted by Crippen LogP contribution is 2.09. The minimum absolute atomic E-state index is 0.143. The van der Waals surface area contributed by atoms with Gasteiger partial charge in [0.25, 0.3) is 0 Å². The van der Waals surface area contributed by atoms with Gasteiger partial charge in [0, 0.05) is 14.2 Å². The van der Waals surface area contributed by atoms with Crippen molar-refractivity contribution >= 4 is 0 Å². The van der Waals surface area contributed by atoms with Crippen LogP contribution in [0.2, 0.25) is 0 Å². The minimum atomic E-state index is -0.143. The molecule has 0 bridgehead atoms. The van der Waals surface area contributed by atoms with Crippen molar-refractivity contribution in [3.8, 4) is 0 Å². The van der Waals surface area contributed by atoms with E-state index in [9.17, 15) is 0 Å². The van der Waals surface area contributed by atoms with Crippen molar-refractivity contribution in [2.75, 3.05) is 20.8 Å². The molecule has 0 saturated carbocycles. The van der Waals surface area contributed by atoms with E-state index in [2.05, 4.69) is 26.1 Å². The van der Waals surface area contributed by atoms with Gasteiger partial charge in [-0.25, -0.2) is 0 Å². The summed E-state index contributed by atoms with van der Waals surface area (Å²) in [6.45, 7) is 7.72. The number of nitrogens with one attached hydrogen (secondary N) is 1. The van der Waals surface area contributed by atoms with E-state index in [1.165, 1.54) is 32.1 Å². The van der Waals surface area contributed by atoms with Crippen LogP contribution < -0.4 is 5.32 Å². The number of unbranched alkanes of at least 4 members (excludes halogenated alkanes) is 3. The van der Waals surface area contributed by atoms with Gasteiger partial charge in [-0.2, -0.15) is 0 Å². The van der Waals surface area contributed by atoms with Gasteiger partial charge in [-0.05, 0) is 25.8 Å². The maximum Gasteiger partial charge on any atom is 0.171 e. The zero-order chi connectivity index (χ0) is 13.1. The van der Waals surface area contributed by atoms with Crippen molar-refractivity contribution in [1.82, 2.24) is 5.32 Å². The summed E-state index contributed by atoms with van der Waals surface area (Å²) in [7, 11) is 3.36. The van der Waals surface area contributed by atoms with E-state index in [-0.39, 0.29) is 12.3 Å². The molecule has 0 aliphatic carbocycles. The van der Waals surface area contributed by atoms with Crippen molar-refractivity contribution in [3.63, 3.8) is 0 Å². The number of hydrogen-bond acceptors (Lipinski definition) is 3. The molecule has 0 spiro atoms.